The lowest BCUT2D eigenvalue weighted by molar-refractivity contribution is 0.0526. The second-order valence-corrected chi connectivity index (χ2v) is 10.7. The van der Waals surface area contributed by atoms with Gasteiger partial charge in [-0.1, -0.05) is 55.0 Å². The van der Waals surface area contributed by atoms with E-state index >= 15 is 0 Å². The van der Waals surface area contributed by atoms with Gasteiger partial charge in [0.05, 0.1) is 28.9 Å². The molecule has 5 nitrogen and oxygen atoms in total. The van der Waals surface area contributed by atoms with Crippen LogP contribution in [0, 0.1) is 19.8 Å². The molecule has 1 aliphatic rings. The number of pyridine rings is 1. The van der Waals surface area contributed by atoms with E-state index in [0.29, 0.717) is 28.7 Å². The lowest BCUT2D eigenvalue weighted by Gasteiger charge is -2.18. The molecule has 0 fully saturated rings. The number of thiophene rings is 1. The maximum atomic E-state index is 13.9. The lowest BCUT2D eigenvalue weighted by atomic mass is 9.88. The van der Waals surface area contributed by atoms with Crippen molar-refractivity contribution < 1.29 is 14.3 Å². The Hall–Kier alpha value is -3.51. The fourth-order valence-corrected chi connectivity index (χ4v) is 6.41. The van der Waals surface area contributed by atoms with Gasteiger partial charge >= 0.3 is 5.97 Å². The highest BCUT2D eigenvalue weighted by molar-refractivity contribution is 7.17. The Labute approximate surface area is 215 Å². The van der Waals surface area contributed by atoms with Crippen molar-refractivity contribution in [2.45, 2.75) is 47.0 Å². The molecule has 6 heteroatoms. The molecular weight excluding hydrogens is 468 g/mol. The zero-order valence-corrected chi connectivity index (χ0v) is 21.9. The van der Waals surface area contributed by atoms with Crippen molar-refractivity contribution in [3.63, 3.8) is 0 Å². The molecule has 0 saturated heterocycles. The van der Waals surface area contributed by atoms with Gasteiger partial charge < -0.3 is 10.1 Å². The molecule has 0 bridgehead atoms. The van der Waals surface area contributed by atoms with Gasteiger partial charge in [0.15, 0.2) is 0 Å². The van der Waals surface area contributed by atoms with Gasteiger partial charge in [-0.2, -0.15) is 0 Å². The Bertz CT molecular complexity index is 1470. The summed E-state index contributed by atoms with van der Waals surface area (Å²) in [5.41, 5.74) is 6.60. The molecule has 2 aromatic carbocycles. The van der Waals surface area contributed by atoms with E-state index in [4.69, 9.17) is 9.72 Å². The highest BCUT2D eigenvalue weighted by Gasteiger charge is 2.30. The van der Waals surface area contributed by atoms with E-state index in [1.165, 1.54) is 16.2 Å². The quantitative estimate of drug-likeness (QED) is 0.297. The third kappa shape index (κ3) is 4.42. The zero-order valence-electron chi connectivity index (χ0n) is 21.1. The van der Waals surface area contributed by atoms with Crippen LogP contribution in [0.5, 0.6) is 0 Å². The number of nitrogens with zero attached hydrogens (tertiary/aromatic N) is 1. The fraction of sp³-hybridized carbons (Fsp3) is 0.300. The molecule has 1 aliphatic carbocycles. The average Bonchev–Trinajstić information content (AvgIpc) is 3.21. The maximum absolute atomic E-state index is 13.9. The summed E-state index contributed by atoms with van der Waals surface area (Å²) >= 11 is 1.51. The summed E-state index contributed by atoms with van der Waals surface area (Å²) in [5.74, 6) is -0.0497. The molecule has 1 atom stereocenters. The number of aryl methyl sites for hydroxylation is 1. The average molecular weight is 499 g/mol. The number of hydrogen-bond donors (Lipinski definition) is 1. The van der Waals surface area contributed by atoms with Crippen LogP contribution in [0.25, 0.3) is 22.2 Å². The Morgan fingerprint density at radius 1 is 1.08 bits per heavy atom. The summed E-state index contributed by atoms with van der Waals surface area (Å²) in [6.45, 7) is 8.31. The second kappa shape index (κ2) is 9.86. The molecule has 36 heavy (non-hydrogen) atoms. The summed E-state index contributed by atoms with van der Waals surface area (Å²) in [6, 6.07) is 15.9. The van der Waals surface area contributed by atoms with Crippen LogP contribution in [0.1, 0.15) is 62.6 Å². The van der Waals surface area contributed by atoms with Crippen molar-refractivity contribution in [2.24, 2.45) is 5.92 Å². The summed E-state index contributed by atoms with van der Waals surface area (Å²) in [6.07, 6.45) is 2.76. The zero-order chi connectivity index (χ0) is 25.4. The maximum Gasteiger partial charge on any atom is 0.341 e. The third-order valence-electron chi connectivity index (χ3n) is 6.91. The number of fused-ring (bicyclic) bond motifs is 2. The van der Waals surface area contributed by atoms with Crippen LogP contribution < -0.4 is 5.32 Å². The molecule has 0 radical (unpaired) electrons. The van der Waals surface area contributed by atoms with E-state index in [-0.39, 0.29) is 11.9 Å². The molecule has 2 aromatic heterocycles. The lowest BCUT2D eigenvalue weighted by Crippen LogP contribution is -2.18. The fourth-order valence-electron chi connectivity index (χ4n) is 5.02. The third-order valence-corrected chi connectivity index (χ3v) is 8.08. The Kier molecular flexibility index (Phi) is 6.63. The highest BCUT2D eigenvalue weighted by Crippen LogP contribution is 2.41. The number of amides is 1. The molecule has 1 N–H and O–H groups in total. The first kappa shape index (κ1) is 24.2. The van der Waals surface area contributed by atoms with Crippen LogP contribution in [0.15, 0.2) is 48.5 Å². The topological polar surface area (TPSA) is 68.3 Å². The van der Waals surface area contributed by atoms with E-state index in [1.807, 2.05) is 62.4 Å². The van der Waals surface area contributed by atoms with Gasteiger partial charge in [-0.15, -0.1) is 11.3 Å². The number of ether oxygens (including phenoxy) is 1. The molecule has 0 aliphatic heterocycles. The Morgan fingerprint density at radius 3 is 2.58 bits per heavy atom. The number of carbonyl (C=O) groups excluding carboxylic acids is 2. The van der Waals surface area contributed by atoms with Gasteiger partial charge in [-0.05, 0) is 63.1 Å². The number of benzene rings is 2. The number of esters is 1. The Morgan fingerprint density at radius 2 is 1.83 bits per heavy atom. The molecule has 5 rings (SSSR count). The first-order valence-corrected chi connectivity index (χ1v) is 13.3. The summed E-state index contributed by atoms with van der Waals surface area (Å²) in [7, 11) is 0. The number of para-hydroxylation sites is 1. The van der Waals surface area contributed by atoms with Gasteiger partial charge in [0.2, 0.25) is 0 Å². The molecule has 0 spiro atoms. The van der Waals surface area contributed by atoms with E-state index < -0.39 is 0 Å². The molecule has 184 valence electrons. The van der Waals surface area contributed by atoms with Crippen molar-refractivity contribution >= 4 is 39.1 Å². The van der Waals surface area contributed by atoms with Crippen LogP contribution >= 0.6 is 11.3 Å². The number of carbonyl (C=O) groups is 2. The molecule has 0 saturated carbocycles. The summed E-state index contributed by atoms with van der Waals surface area (Å²) in [5, 5.41) is 4.48. The minimum atomic E-state index is -0.364. The number of anilines is 1. The Balaban J connectivity index is 1.62. The van der Waals surface area contributed by atoms with E-state index in [9.17, 15) is 9.59 Å². The van der Waals surface area contributed by atoms with Gasteiger partial charge in [0.1, 0.15) is 5.00 Å². The minimum Gasteiger partial charge on any atom is -0.462 e. The second-order valence-electron chi connectivity index (χ2n) is 9.57. The van der Waals surface area contributed by atoms with Crippen molar-refractivity contribution in [2.75, 3.05) is 11.9 Å². The van der Waals surface area contributed by atoms with Crippen molar-refractivity contribution in [3.8, 4) is 11.3 Å². The summed E-state index contributed by atoms with van der Waals surface area (Å²) in [4.78, 5) is 33.0. The molecular formula is C30H30N2O3S. The smallest absolute Gasteiger partial charge is 0.341 e. The summed E-state index contributed by atoms with van der Waals surface area (Å²) < 4.78 is 5.39. The van der Waals surface area contributed by atoms with Crippen LogP contribution in [0.3, 0.4) is 0 Å². The molecule has 1 amide bonds. The molecule has 1 unspecified atom stereocenters. The van der Waals surface area contributed by atoms with Crippen LogP contribution in [0.2, 0.25) is 0 Å². The van der Waals surface area contributed by atoms with E-state index in [2.05, 4.69) is 12.2 Å². The molecule has 4 aromatic rings. The molecule has 2 heterocycles. The van der Waals surface area contributed by atoms with Gasteiger partial charge in [0, 0.05) is 15.8 Å². The SMILES string of the molecule is CCOC(=O)c1c(NC(=O)c2c(C)c(-c3ccc(C)cc3)nc3ccccc23)sc2c1CCC(C)C2. The number of nitrogens with one attached hydrogen (secondary N) is 1. The van der Waals surface area contributed by atoms with Crippen molar-refractivity contribution in [3.05, 3.63) is 81.2 Å². The number of rotatable bonds is 5. The number of aromatic nitrogens is 1. The van der Waals surface area contributed by atoms with Crippen LogP contribution in [-0.2, 0) is 17.6 Å². The first-order valence-electron chi connectivity index (χ1n) is 12.5. The van der Waals surface area contributed by atoms with E-state index in [1.54, 1.807) is 6.92 Å². The van der Waals surface area contributed by atoms with Crippen LogP contribution in [0.4, 0.5) is 5.00 Å². The predicted molar refractivity (Wildman–Crippen MR) is 146 cm³/mol. The largest absolute Gasteiger partial charge is 0.462 e. The minimum absolute atomic E-state index is 0.239. The van der Waals surface area contributed by atoms with Crippen molar-refractivity contribution in [1.29, 1.82) is 0 Å². The van der Waals surface area contributed by atoms with E-state index in [0.717, 1.165) is 58.1 Å². The standard InChI is InChI=1S/C30H30N2O3S/c1-5-35-30(34)26-22-15-12-18(3)16-24(22)36-29(26)32-28(33)25-19(4)27(20-13-10-17(2)11-14-20)31-23-9-7-6-8-21(23)25/h6-11,13-14,18H,5,12,15-16H2,1-4H3,(H,32,33). The van der Waals surface area contributed by atoms with Gasteiger partial charge in [-0.25, -0.2) is 9.78 Å². The first-order chi connectivity index (χ1) is 17.4. The monoisotopic (exact) mass is 498 g/mol. The van der Waals surface area contributed by atoms with Crippen molar-refractivity contribution in [1.82, 2.24) is 4.98 Å². The normalized spacial score (nSPS) is 14.9. The number of hydrogen-bond acceptors (Lipinski definition) is 5. The van der Waals surface area contributed by atoms with Gasteiger partial charge in [-0.3, -0.25) is 4.79 Å². The van der Waals surface area contributed by atoms with Crippen LogP contribution in [-0.4, -0.2) is 23.5 Å². The highest BCUT2D eigenvalue weighted by atomic mass is 32.1. The predicted octanol–water partition coefficient (Wildman–Crippen LogP) is 7.13. The van der Waals surface area contributed by atoms with Gasteiger partial charge in [0.25, 0.3) is 5.91 Å².